The number of non-ortho nitro benzene ring substituents is 1. The molecular formula is C25H25N5O4. The van der Waals surface area contributed by atoms with Gasteiger partial charge in [0.1, 0.15) is 5.75 Å². The van der Waals surface area contributed by atoms with Crippen molar-refractivity contribution in [2.45, 2.75) is 6.92 Å². The number of nitrogens with zero attached hydrogens (tertiary/aromatic N) is 5. The third-order valence-corrected chi connectivity index (χ3v) is 5.55. The van der Waals surface area contributed by atoms with E-state index in [-0.39, 0.29) is 11.6 Å². The Bertz CT molecular complexity index is 1150. The van der Waals surface area contributed by atoms with Crippen LogP contribution in [0.25, 0.3) is 17.3 Å². The molecule has 0 spiro atoms. The van der Waals surface area contributed by atoms with E-state index in [1.54, 1.807) is 23.1 Å². The van der Waals surface area contributed by atoms with Gasteiger partial charge in [0, 0.05) is 50.0 Å². The summed E-state index contributed by atoms with van der Waals surface area (Å²) in [7, 11) is 0. The Kier molecular flexibility index (Phi) is 7.12. The van der Waals surface area contributed by atoms with Crippen molar-refractivity contribution in [3.8, 4) is 17.0 Å². The van der Waals surface area contributed by atoms with Crippen molar-refractivity contribution in [2.75, 3.05) is 37.7 Å². The molecule has 0 bridgehead atoms. The second-order valence-electron chi connectivity index (χ2n) is 7.73. The average molecular weight is 460 g/mol. The summed E-state index contributed by atoms with van der Waals surface area (Å²) in [6.07, 6.45) is 3.17. The first kappa shape index (κ1) is 22.9. The molecule has 1 aromatic heterocycles. The molecule has 0 saturated carbocycles. The van der Waals surface area contributed by atoms with Gasteiger partial charge in [0.25, 0.3) is 5.69 Å². The summed E-state index contributed by atoms with van der Waals surface area (Å²) in [6, 6.07) is 17.7. The molecule has 1 amide bonds. The second-order valence-corrected chi connectivity index (χ2v) is 7.73. The molecule has 2 heterocycles. The molecule has 1 saturated heterocycles. The van der Waals surface area contributed by atoms with Crippen LogP contribution in [0.4, 0.5) is 11.5 Å². The quantitative estimate of drug-likeness (QED) is 0.301. The summed E-state index contributed by atoms with van der Waals surface area (Å²) >= 11 is 0. The fourth-order valence-electron chi connectivity index (χ4n) is 3.67. The van der Waals surface area contributed by atoms with Crippen molar-refractivity contribution in [2.24, 2.45) is 0 Å². The maximum atomic E-state index is 12.5. The van der Waals surface area contributed by atoms with Crippen molar-refractivity contribution in [1.82, 2.24) is 15.1 Å². The van der Waals surface area contributed by atoms with Crippen molar-refractivity contribution >= 4 is 23.5 Å². The van der Waals surface area contributed by atoms with Crippen LogP contribution in [0, 0.1) is 10.1 Å². The average Bonchev–Trinajstić information content (AvgIpc) is 2.88. The molecule has 0 radical (unpaired) electrons. The standard InChI is InChI=1S/C25H25N5O4/c1-2-34-22-10-6-20(7-11-22)23-12-13-24(27-26-23)28-15-17-29(18-16-28)25(31)14-5-19-3-8-21(9-4-19)30(32)33/h3-14H,2,15-18H2,1H3/b14-5+. The van der Waals surface area contributed by atoms with E-state index in [9.17, 15) is 14.9 Å². The van der Waals surface area contributed by atoms with E-state index in [1.807, 2.05) is 43.3 Å². The van der Waals surface area contributed by atoms with Crippen molar-refractivity contribution in [1.29, 1.82) is 0 Å². The number of nitro benzene ring substituents is 1. The number of nitro groups is 1. The minimum absolute atomic E-state index is 0.0233. The zero-order chi connectivity index (χ0) is 23.9. The molecule has 1 aliphatic rings. The van der Waals surface area contributed by atoms with Crippen molar-refractivity contribution < 1.29 is 14.5 Å². The maximum Gasteiger partial charge on any atom is 0.269 e. The van der Waals surface area contributed by atoms with E-state index >= 15 is 0 Å². The maximum absolute atomic E-state index is 12.5. The number of piperazine rings is 1. The van der Waals surface area contributed by atoms with Crippen molar-refractivity contribution in [3.05, 3.63) is 82.4 Å². The molecule has 2 aromatic carbocycles. The predicted molar refractivity (Wildman–Crippen MR) is 130 cm³/mol. The summed E-state index contributed by atoms with van der Waals surface area (Å²) in [6.45, 7) is 5.05. The third kappa shape index (κ3) is 5.55. The lowest BCUT2D eigenvalue weighted by Crippen LogP contribution is -2.48. The van der Waals surface area contributed by atoms with Crippen LogP contribution < -0.4 is 9.64 Å². The number of ether oxygens (including phenoxy) is 1. The highest BCUT2D eigenvalue weighted by Gasteiger charge is 2.21. The first-order valence-corrected chi connectivity index (χ1v) is 11.1. The van der Waals surface area contributed by atoms with E-state index in [0.717, 1.165) is 28.4 Å². The number of amides is 1. The molecule has 0 unspecified atom stereocenters. The summed E-state index contributed by atoms with van der Waals surface area (Å²) in [5, 5.41) is 19.5. The van der Waals surface area contributed by atoms with Gasteiger partial charge in [-0.15, -0.1) is 10.2 Å². The molecule has 174 valence electrons. The Morgan fingerprint density at radius 3 is 2.29 bits per heavy atom. The largest absolute Gasteiger partial charge is 0.494 e. The lowest BCUT2D eigenvalue weighted by molar-refractivity contribution is -0.384. The second kappa shape index (κ2) is 10.6. The van der Waals surface area contributed by atoms with Crippen molar-refractivity contribution in [3.63, 3.8) is 0 Å². The summed E-state index contributed by atoms with van der Waals surface area (Å²) in [5.74, 6) is 1.52. The van der Waals surface area contributed by atoms with Gasteiger partial charge in [0.2, 0.25) is 5.91 Å². The van der Waals surface area contributed by atoms with Gasteiger partial charge in [-0.3, -0.25) is 14.9 Å². The van der Waals surface area contributed by atoms with Gasteiger partial charge in [-0.05, 0) is 67.1 Å². The highest BCUT2D eigenvalue weighted by molar-refractivity contribution is 5.92. The number of anilines is 1. The molecule has 0 atom stereocenters. The van der Waals surface area contributed by atoms with Gasteiger partial charge < -0.3 is 14.5 Å². The zero-order valence-electron chi connectivity index (χ0n) is 18.8. The van der Waals surface area contributed by atoms with Crippen LogP contribution in [0.3, 0.4) is 0 Å². The Morgan fingerprint density at radius 1 is 1.00 bits per heavy atom. The van der Waals surface area contributed by atoms with Crippen LogP contribution in [-0.4, -0.2) is 58.7 Å². The first-order chi connectivity index (χ1) is 16.5. The molecule has 9 nitrogen and oxygen atoms in total. The molecular weight excluding hydrogens is 434 g/mol. The van der Waals surface area contributed by atoms with Gasteiger partial charge in [0.05, 0.1) is 17.2 Å². The minimum atomic E-state index is -0.448. The zero-order valence-corrected chi connectivity index (χ0v) is 18.8. The monoisotopic (exact) mass is 459 g/mol. The van der Waals surface area contributed by atoms with Crippen LogP contribution in [0.2, 0.25) is 0 Å². The van der Waals surface area contributed by atoms with Gasteiger partial charge in [0.15, 0.2) is 5.82 Å². The number of carbonyl (C=O) groups is 1. The van der Waals surface area contributed by atoms with E-state index in [0.29, 0.717) is 32.8 Å². The number of aromatic nitrogens is 2. The van der Waals surface area contributed by atoms with E-state index in [2.05, 4.69) is 15.1 Å². The fourth-order valence-corrected chi connectivity index (χ4v) is 3.67. The molecule has 0 aliphatic carbocycles. The first-order valence-electron chi connectivity index (χ1n) is 11.1. The predicted octanol–water partition coefficient (Wildman–Crippen LogP) is 3.81. The fraction of sp³-hybridized carbons (Fsp3) is 0.240. The van der Waals surface area contributed by atoms with Gasteiger partial charge in [-0.2, -0.15) is 0 Å². The molecule has 34 heavy (non-hydrogen) atoms. The van der Waals surface area contributed by atoms with Crippen LogP contribution >= 0.6 is 0 Å². The highest BCUT2D eigenvalue weighted by Crippen LogP contribution is 2.22. The van der Waals surface area contributed by atoms with Crippen LogP contribution in [0.1, 0.15) is 12.5 Å². The van der Waals surface area contributed by atoms with Gasteiger partial charge in [-0.25, -0.2) is 0 Å². The number of benzene rings is 2. The topological polar surface area (TPSA) is 102 Å². The highest BCUT2D eigenvalue weighted by atomic mass is 16.6. The molecule has 0 N–H and O–H groups in total. The molecule has 3 aromatic rings. The lowest BCUT2D eigenvalue weighted by atomic mass is 10.1. The number of hydrogen-bond acceptors (Lipinski definition) is 7. The van der Waals surface area contributed by atoms with E-state index in [4.69, 9.17) is 4.74 Å². The Hall–Kier alpha value is -4.27. The summed E-state index contributed by atoms with van der Waals surface area (Å²) in [5.41, 5.74) is 2.52. The lowest BCUT2D eigenvalue weighted by Gasteiger charge is -2.34. The summed E-state index contributed by atoms with van der Waals surface area (Å²) in [4.78, 5) is 26.7. The van der Waals surface area contributed by atoms with Gasteiger partial charge >= 0.3 is 0 Å². The Labute approximate surface area is 197 Å². The molecule has 9 heteroatoms. The normalized spacial score (nSPS) is 13.8. The number of carbonyl (C=O) groups excluding carboxylic acids is 1. The minimum Gasteiger partial charge on any atom is -0.494 e. The number of hydrogen-bond donors (Lipinski definition) is 0. The molecule has 1 aliphatic heterocycles. The van der Waals surface area contributed by atoms with Crippen LogP contribution in [-0.2, 0) is 4.79 Å². The smallest absolute Gasteiger partial charge is 0.269 e. The summed E-state index contributed by atoms with van der Waals surface area (Å²) < 4.78 is 5.47. The third-order valence-electron chi connectivity index (χ3n) is 5.55. The molecule has 4 rings (SSSR count). The SMILES string of the molecule is CCOc1ccc(-c2ccc(N3CCN(C(=O)/C=C/c4ccc([N+](=O)[O-])cc4)CC3)nn2)cc1. The van der Waals surface area contributed by atoms with Gasteiger partial charge in [-0.1, -0.05) is 0 Å². The Morgan fingerprint density at radius 2 is 1.71 bits per heavy atom. The molecule has 1 fully saturated rings. The Balaban J connectivity index is 1.30. The van der Waals surface area contributed by atoms with Crippen LogP contribution in [0.5, 0.6) is 5.75 Å². The van der Waals surface area contributed by atoms with E-state index < -0.39 is 4.92 Å². The van der Waals surface area contributed by atoms with Crippen LogP contribution in [0.15, 0.2) is 66.7 Å². The number of rotatable bonds is 7. The van der Waals surface area contributed by atoms with E-state index in [1.165, 1.54) is 18.2 Å².